The summed E-state index contributed by atoms with van der Waals surface area (Å²) < 4.78 is 37.0. The normalized spacial score (nSPS) is 17.6. The Kier molecular flexibility index (Phi) is 9.96. The topological polar surface area (TPSA) is 163 Å². The molecule has 13 nitrogen and oxygen atoms in total. The van der Waals surface area contributed by atoms with Gasteiger partial charge in [0.2, 0.25) is 15.9 Å². The number of rotatable bonds is 8. The maximum absolute atomic E-state index is 14.1. The Morgan fingerprint density at radius 1 is 1.00 bits per heavy atom. The van der Waals surface area contributed by atoms with E-state index in [9.17, 15) is 18.0 Å². The number of benzene rings is 2. The molecule has 2 saturated heterocycles. The van der Waals surface area contributed by atoms with Crippen LogP contribution in [0.3, 0.4) is 0 Å². The minimum absolute atomic E-state index is 0.0671. The Bertz CT molecular complexity index is 2070. The molecule has 1 atom stereocenters. The molecule has 2 aromatic carbocycles. The number of nitrogens with zero attached hydrogens (tertiary/aromatic N) is 6. The van der Waals surface area contributed by atoms with E-state index in [1.54, 1.807) is 63.7 Å². The molecule has 17 heteroatoms. The molecule has 0 unspecified atom stereocenters. The maximum atomic E-state index is 14.1. The van der Waals surface area contributed by atoms with Gasteiger partial charge in [0.05, 0.1) is 10.7 Å². The Morgan fingerprint density at radius 3 is 2.37 bits per heavy atom. The van der Waals surface area contributed by atoms with Crippen LogP contribution in [0.4, 0.5) is 0 Å². The minimum atomic E-state index is -4.23. The van der Waals surface area contributed by atoms with Crippen LogP contribution in [0.25, 0.3) is 5.65 Å². The molecular weight excluding hydrogens is 717 g/mol. The van der Waals surface area contributed by atoms with E-state index in [-0.39, 0.29) is 77.5 Å². The van der Waals surface area contributed by atoms with Crippen molar-refractivity contribution < 1.29 is 28.0 Å². The van der Waals surface area contributed by atoms with Crippen molar-refractivity contribution in [1.82, 2.24) is 23.5 Å². The second kappa shape index (κ2) is 14.0. The fraction of sp³-hybridized carbons (Fsp3) is 0.312. The molecule has 2 fully saturated rings. The van der Waals surface area contributed by atoms with Crippen molar-refractivity contribution in [2.75, 3.05) is 32.7 Å². The fourth-order valence-corrected chi connectivity index (χ4v) is 8.76. The van der Waals surface area contributed by atoms with Gasteiger partial charge in [0.25, 0.3) is 5.91 Å². The average molecular weight is 749 g/mol. The second-order valence-corrected chi connectivity index (χ2v) is 14.6. The van der Waals surface area contributed by atoms with E-state index in [4.69, 9.17) is 50.5 Å². The third-order valence-electron chi connectivity index (χ3n) is 8.73. The molecule has 0 saturated carbocycles. The summed E-state index contributed by atoms with van der Waals surface area (Å²) in [6.45, 7) is 2.81. The van der Waals surface area contributed by atoms with Gasteiger partial charge in [-0.15, -0.1) is 0 Å². The number of imidazole rings is 1. The first-order valence-electron chi connectivity index (χ1n) is 15.3. The van der Waals surface area contributed by atoms with Gasteiger partial charge in [0.15, 0.2) is 17.2 Å². The number of carbonyl (C=O) groups excluding carboxylic acids is 2. The third kappa shape index (κ3) is 6.63. The summed E-state index contributed by atoms with van der Waals surface area (Å²) in [6, 6.07) is 11.7. The Hall–Kier alpha value is -4.08. The van der Waals surface area contributed by atoms with E-state index in [1.165, 1.54) is 16.4 Å². The first-order chi connectivity index (χ1) is 23.4. The molecule has 6 rings (SSSR count). The van der Waals surface area contributed by atoms with Crippen molar-refractivity contribution in [3.63, 3.8) is 0 Å². The molecule has 3 N–H and O–H groups in total. The molecule has 2 amide bonds. The maximum Gasteiger partial charge on any atom is 0.253 e. The Labute approximate surface area is 297 Å². The molecule has 49 heavy (non-hydrogen) atoms. The SMILES string of the molecule is Cc1nc2c(OCc3c(Cl)ccc(S(=O)(=O)N4CCC[C@H]4C(=O)N4CCN(C(=O)c5ccc(C(N)=NO)cc5)CC4)c3Cl)cccn2c1Cl. The number of hydrogen-bond acceptors (Lipinski definition) is 8. The van der Waals surface area contributed by atoms with Gasteiger partial charge in [-0.2, -0.15) is 4.31 Å². The van der Waals surface area contributed by atoms with Crippen LogP contribution in [0.5, 0.6) is 5.75 Å². The van der Waals surface area contributed by atoms with Crippen LogP contribution >= 0.6 is 34.8 Å². The summed E-state index contributed by atoms with van der Waals surface area (Å²) in [7, 11) is -4.23. The number of amides is 2. The largest absolute Gasteiger partial charge is 0.485 e. The lowest BCUT2D eigenvalue weighted by Gasteiger charge is -2.37. The first kappa shape index (κ1) is 34.8. The number of piperazine rings is 1. The summed E-state index contributed by atoms with van der Waals surface area (Å²) in [6.07, 6.45) is 2.59. The fourth-order valence-electron chi connectivity index (χ4n) is 6.06. The van der Waals surface area contributed by atoms with Gasteiger partial charge in [-0.25, -0.2) is 13.4 Å². The van der Waals surface area contributed by atoms with Crippen LogP contribution in [0, 0.1) is 6.92 Å². The molecule has 0 spiro atoms. The molecule has 2 aliphatic heterocycles. The van der Waals surface area contributed by atoms with E-state index in [0.29, 0.717) is 46.2 Å². The number of nitrogens with two attached hydrogens (primary N) is 1. The van der Waals surface area contributed by atoms with Crippen LogP contribution in [0.15, 0.2) is 64.8 Å². The summed E-state index contributed by atoms with van der Waals surface area (Å²) in [5.74, 6) is -0.212. The van der Waals surface area contributed by atoms with Crippen molar-refractivity contribution in [2.45, 2.75) is 37.3 Å². The number of pyridine rings is 1. The lowest BCUT2D eigenvalue weighted by atomic mass is 10.1. The van der Waals surface area contributed by atoms with E-state index in [2.05, 4.69) is 10.1 Å². The highest BCUT2D eigenvalue weighted by Crippen LogP contribution is 2.37. The van der Waals surface area contributed by atoms with Crippen LogP contribution in [-0.4, -0.2) is 93.5 Å². The van der Waals surface area contributed by atoms with Gasteiger partial charge in [-0.1, -0.05) is 52.1 Å². The van der Waals surface area contributed by atoms with Gasteiger partial charge >= 0.3 is 0 Å². The Balaban J connectivity index is 1.14. The van der Waals surface area contributed by atoms with Crippen LogP contribution < -0.4 is 10.5 Å². The number of fused-ring (bicyclic) bond motifs is 1. The number of oxime groups is 1. The van der Waals surface area contributed by atoms with Crippen molar-refractivity contribution >= 4 is 68.1 Å². The van der Waals surface area contributed by atoms with E-state index in [0.717, 1.165) is 0 Å². The van der Waals surface area contributed by atoms with Gasteiger partial charge in [-0.05, 0) is 56.2 Å². The number of halogens is 3. The molecule has 0 aliphatic carbocycles. The van der Waals surface area contributed by atoms with E-state index in [1.807, 2.05) is 0 Å². The number of sulfonamides is 1. The Morgan fingerprint density at radius 2 is 1.67 bits per heavy atom. The first-order valence-corrected chi connectivity index (χ1v) is 17.9. The third-order valence-corrected chi connectivity index (χ3v) is 12.0. The average Bonchev–Trinajstić information content (AvgIpc) is 3.72. The number of amidine groups is 1. The molecule has 2 aromatic heterocycles. The standard InChI is InChI=1S/C32H32Cl3N7O6S/c1-19-28(35)41-12-3-5-25(30(41)37-19)48-18-22-23(33)10-11-26(27(22)34)49(46,47)42-13-2-4-24(42)32(44)40-16-14-39(15-17-40)31(43)21-8-6-20(7-9-21)29(36)38-45/h3,5-12,24,45H,2,4,13-18H2,1H3,(H2,36,38)/t24-/m0/s1. The highest BCUT2D eigenvalue weighted by molar-refractivity contribution is 7.89. The predicted molar refractivity (Wildman–Crippen MR) is 184 cm³/mol. The number of aromatic nitrogens is 2. The lowest BCUT2D eigenvalue weighted by molar-refractivity contribution is -0.136. The summed E-state index contributed by atoms with van der Waals surface area (Å²) in [5.41, 5.74) is 7.87. The molecule has 2 aliphatic rings. The lowest BCUT2D eigenvalue weighted by Crippen LogP contribution is -2.55. The molecule has 258 valence electrons. The van der Waals surface area contributed by atoms with E-state index < -0.39 is 16.1 Å². The van der Waals surface area contributed by atoms with E-state index >= 15 is 0 Å². The summed E-state index contributed by atoms with van der Waals surface area (Å²) in [4.78, 5) is 34.3. The van der Waals surface area contributed by atoms with Gasteiger partial charge in [0, 0.05) is 60.6 Å². The summed E-state index contributed by atoms with van der Waals surface area (Å²) >= 11 is 19.5. The molecule has 0 bridgehead atoms. The van der Waals surface area contributed by atoms with Crippen LogP contribution in [0.1, 0.15) is 40.0 Å². The van der Waals surface area contributed by atoms with Crippen molar-refractivity contribution in [1.29, 1.82) is 0 Å². The quantitative estimate of drug-likeness (QED) is 0.116. The van der Waals surface area contributed by atoms with Crippen molar-refractivity contribution in [3.8, 4) is 5.75 Å². The highest BCUT2D eigenvalue weighted by Gasteiger charge is 2.43. The molecular formula is C32H32Cl3N7O6S. The monoisotopic (exact) mass is 747 g/mol. The molecule has 0 radical (unpaired) electrons. The van der Waals surface area contributed by atoms with Crippen LogP contribution in [-0.2, 0) is 21.4 Å². The van der Waals surface area contributed by atoms with Gasteiger partial charge in [0.1, 0.15) is 22.7 Å². The van der Waals surface area contributed by atoms with Crippen LogP contribution in [0.2, 0.25) is 15.2 Å². The van der Waals surface area contributed by atoms with Gasteiger partial charge in [-0.3, -0.25) is 14.0 Å². The zero-order chi connectivity index (χ0) is 35.0. The number of carbonyl (C=O) groups is 2. The molecule has 4 aromatic rings. The second-order valence-electron chi connectivity index (χ2n) is 11.6. The van der Waals surface area contributed by atoms with Crippen molar-refractivity contribution in [2.24, 2.45) is 10.9 Å². The number of aryl methyl sites for hydroxylation is 1. The van der Waals surface area contributed by atoms with Crippen molar-refractivity contribution in [3.05, 3.63) is 92.3 Å². The number of ether oxygens (including phenoxy) is 1. The minimum Gasteiger partial charge on any atom is -0.485 e. The molecule has 4 heterocycles. The smallest absolute Gasteiger partial charge is 0.253 e. The zero-order valence-corrected chi connectivity index (χ0v) is 29.3. The predicted octanol–water partition coefficient (Wildman–Crippen LogP) is 4.41. The van der Waals surface area contributed by atoms with Gasteiger partial charge < -0.3 is 25.5 Å². The highest BCUT2D eigenvalue weighted by atomic mass is 35.5. The zero-order valence-electron chi connectivity index (χ0n) is 26.2. The number of hydrogen-bond donors (Lipinski definition) is 2. The summed E-state index contributed by atoms with van der Waals surface area (Å²) in [5, 5.41) is 12.4.